The number of benzene rings is 1. The van der Waals surface area contributed by atoms with Crippen LogP contribution in [0.25, 0.3) is 0 Å². The maximum Gasteiger partial charge on any atom is 0.408 e. The third-order valence-electron chi connectivity index (χ3n) is 7.91. The van der Waals surface area contributed by atoms with Gasteiger partial charge in [0, 0.05) is 18.8 Å². The molecule has 1 aromatic carbocycles. The zero-order chi connectivity index (χ0) is 32.4. The highest BCUT2D eigenvalue weighted by molar-refractivity contribution is 5.82. The van der Waals surface area contributed by atoms with Gasteiger partial charge < -0.3 is 19.9 Å². The third kappa shape index (κ3) is 20.9. The molecule has 1 aromatic rings. The molecule has 2 N–H and O–H groups in total. The molecule has 250 valence electrons. The van der Waals surface area contributed by atoms with Gasteiger partial charge in [0.2, 0.25) is 0 Å². The van der Waals surface area contributed by atoms with Crippen molar-refractivity contribution < 1.29 is 33.8 Å². The van der Waals surface area contributed by atoms with E-state index < -0.39 is 30.0 Å². The van der Waals surface area contributed by atoms with Crippen LogP contribution in [-0.2, 0) is 30.5 Å². The Balaban J connectivity index is 2.26. The maximum absolute atomic E-state index is 12.8. The van der Waals surface area contributed by atoms with E-state index in [1.165, 1.54) is 77.0 Å². The fraction of sp³-hybridized carbons (Fsp3) is 0.722. The van der Waals surface area contributed by atoms with Crippen LogP contribution in [0.3, 0.4) is 0 Å². The van der Waals surface area contributed by atoms with Gasteiger partial charge in [0.1, 0.15) is 18.4 Å². The van der Waals surface area contributed by atoms with Gasteiger partial charge >= 0.3 is 18.0 Å². The molecule has 0 aliphatic heterocycles. The van der Waals surface area contributed by atoms with E-state index >= 15 is 0 Å². The largest absolute Gasteiger partial charge is 0.481 e. The summed E-state index contributed by atoms with van der Waals surface area (Å²) < 4.78 is 10.6. The van der Waals surface area contributed by atoms with E-state index in [4.69, 9.17) is 9.47 Å². The van der Waals surface area contributed by atoms with Crippen LogP contribution in [0.5, 0.6) is 0 Å². The molecule has 2 atom stereocenters. The van der Waals surface area contributed by atoms with Gasteiger partial charge in [-0.05, 0) is 17.9 Å². The van der Waals surface area contributed by atoms with Crippen molar-refractivity contribution in [2.45, 2.75) is 149 Å². The molecule has 1 rings (SSSR count). The Morgan fingerprint density at radius 2 is 1.25 bits per heavy atom. The Morgan fingerprint density at radius 1 is 0.727 bits per heavy atom. The number of carboxylic acid groups (broad SMARTS) is 1. The summed E-state index contributed by atoms with van der Waals surface area (Å²) >= 11 is 0. The molecule has 44 heavy (non-hydrogen) atoms. The number of ketones is 1. The van der Waals surface area contributed by atoms with Crippen molar-refractivity contribution in [1.29, 1.82) is 0 Å². The molecule has 0 aliphatic rings. The predicted octanol–water partition coefficient (Wildman–Crippen LogP) is 8.79. The molecule has 0 saturated heterocycles. The highest BCUT2D eigenvalue weighted by Gasteiger charge is 2.28. The van der Waals surface area contributed by atoms with Crippen LogP contribution in [0.4, 0.5) is 4.79 Å². The van der Waals surface area contributed by atoms with Gasteiger partial charge in [-0.1, -0.05) is 141 Å². The Bertz CT molecular complexity index is 918. The van der Waals surface area contributed by atoms with E-state index in [0.717, 1.165) is 24.8 Å². The normalized spacial score (nSPS) is 12.5. The van der Waals surface area contributed by atoms with E-state index in [9.17, 15) is 24.3 Å². The zero-order valence-corrected chi connectivity index (χ0v) is 27.7. The molecular weight excluding hydrogens is 558 g/mol. The molecule has 0 spiro atoms. The number of ether oxygens (including phenoxy) is 2. The molecule has 8 heteroatoms. The molecule has 0 bridgehead atoms. The Morgan fingerprint density at radius 3 is 1.75 bits per heavy atom. The number of carbonyl (C=O) groups excluding carboxylic acids is 3. The van der Waals surface area contributed by atoms with Crippen LogP contribution in [0.15, 0.2) is 30.3 Å². The fourth-order valence-corrected chi connectivity index (χ4v) is 5.23. The number of rotatable bonds is 27. The first-order valence-electron chi connectivity index (χ1n) is 17.1. The lowest BCUT2D eigenvalue weighted by molar-refractivity contribution is -0.151. The standard InChI is InChI=1S/C36H59NO7/c1-4-5-6-7-8-9-10-11-12-13-14-15-16-17-21-24-32(38)25-31(26-33(39)40)28-43-35(41)34(29(2)3)37-36(42)44-27-30-22-19-18-20-23-30/h18-20,22-23,29,31,34H,4-17,21,24-28H2,1-3H3,(H,37,42)(H,39,40)/t31?,34-/m0/s1. The van der Waals surface area contributed by atoms with Crippen LogP contribution in [0.2, 0.25) is 0 Å². The van der Waals surface area contributed by atoms with Crippen molar-refractivity contribution in [1.82, 2.24) is 5.32 Å². The quantitative estimate of drug-likeness (QED) is 0.0748. The summed E-state index contributed by atoms with van der Waals surface area (Å²) in [6.45, 7) is 5.65. The minimum atomic E-state index is -1.05. The Kier molecular flexibility index (Phi) is 22.6. The number of aliphatic carboxylic acids is 1. The van der Waals surface area contributed by atoms with E-state index in [2.05, 4.69) is 12.2 Å². The number of alkyl carbamates (subject to hydrolysis) is 1. The van der Waals surface area contributed by atoms with E-state index in [1.54, 1.807) is 13.8 Å². The second kappa shape index (κ2) is 25.4. The van der Waals surface area contributed by atoms with Crippen LogP contribution in [0, 0.1) is 11.8 Å². The van der Waals surface area contributed by atoms with Crippen molar-refractivity contribution in [3.63, 3.8) is 0 Å². The van der Waals surface area contributed by atoms with Gasteiger partial charge in [0.15, 0.2) is 0 Å². The summed E-state index contributed by atoms with van der Waals surface area (Å²) in [7, 11) is 0. The third-order valence-corrected chi connectivity index (χ3v) is 7.91. The summed E-state index contributed by atoms with van der Waals surface area (Å²) in [5, 5.41) is 11.9. The lowest BCUT2D eigenvalue weighted by Gasteiger charge is -2.22. The number of hydrogen-bond acceptors (Lipinski definition) is 6. The van der Waals surface area contributed by atoms with Crippen molar-refractivity contribution in [3.8, 4) is 0 Å². The first-order valence-corrected chi connectivity index (χ1v) is 17.1. The first-order chi connectivity index (χ1) is 21.2. The summed E-state index contributed by atoms with van der Waals surface area (Å²) in [6, 6.07) is 8.23. The lowest BCUT2D eigenvalue weighted by Crippen LogP contribution is -2.45. The number of carbonyl (C=O) groups is 4. The van der Waals surface area contributed by atoms with Gasteiger partial charge in [0.25, 0.3) is 0 Å². The molecule has 0 fully saturated rings. The highest BCUT2D eigenvalue weighted by Crippen LogP contribution is 2.17. The topological polar surface area (TPSA) is 119 Å². The van der Waals surface area contributed by atoms with Crippen molar-refractivity contribution in [3.05, 3.63) is 35.9 Å². The monoisotopic (exact) mass is 617 g/mol. The van der Waals surface area contributed by atoms with Crippen LogP contribution >= 0.6 is 0 Å². The van der Waals surface area contributed by atoms with Crippen molar-refractivity contribution >= 4 is 23.8 Å². The molecule has 1 amide bonds. The Hall–Kier alpha value is -2.90. The molecule has 0 heterocycles. The van der Waals surface area contributed by atoms with E-state index in [1.807, 2.05) is 30.3 Å². The average Bonchev–Trinajstić information content (AvgIpc) is 2.99. The number of hydrogen-bond donors (Lipinski definition) is 2. The van der Waals surface area contributed by atoms with Gasteiger partial charge in [-0.25, -0.2) is 9.59 Å². The lowest BCUT2D eigenvalue weighted by atomic mass is 9.96. The highest BCUT2D eigenvalue weighted by atomic mass is 16.6. The maximum atomic E-state index is 12.8. The van der Waals surface area contributed by atoms with Crippen LogP contribution in [-0.4, -0.2) is 41.6 Å². The van der Waals surface area contributed by atoms with Crippen molar-refractivity contribution in [2.75, 3.05) is 6.61 Å². The number of unbranched alkanes of at least 4 members (excludes halogenated alkanes) is 14. The minimum Gasteiger partial charge on any atom is -0.481 e. The molecule has 0 saturated carbocycles. The SMILES string of the molecule is CCCCCCCCCCCCCCCCCC(=O)CC(COC(=O)[C@@H](NC(=O)OCc1ccccc1)C(C)C)CC(=O)O. The second-order valence-corrected chi connectivity index (χ2v) is 12.5. The van der Waals surface area contributed by atoms with Crippen molar-refractivity contribution in [2.24, 2.45) is 11.8 Å². The zero-order valence-electron chi connectivity index (χ0n) is 27.7. The predicted molar refractivity (Wildman–Crippen MR) is 174 cm³/mol. The molecule has 1 unspecified atom stereocenters. The number of carboxylic acids is 1. The summed E-state index contributed by atoms with van der Waals surface area (Å²) in [5.41, 5.74) is 0.817. The van der Waals surface area contributed by atoms with Gasteiger partial charge in [-0.15, -0.1) is 0 Å². The van der Waals surface area contributed by atoms with Gasteiger partial charge in [0.05, 0.1) is 13.0 Å². The molecular formula is C36H59NO7. The second-order valence-electron chi connectivity index (χ2n) is 12.5. The molecule has 8 nitrogen and oxygen atoms in total. The van der Waals surface area contributed by atoms with E-state index in [-0.39, 0.29) is 37.8 Å². The first kappa shape index (κ1) is 39.1. The van der Waals surface area contributed by atoms with Crippen LogP contribution < -0.4 is 5.32 Å². The van der Waals surface area contributed by atoms with Gasteiger partial charge in [-0.3, -0.25) is 9.59 Å². The number of amides is 1. The molecule has 0 radical (unpaired) electrons. The van der Waals surface area contributed by atoms with Crippen LogP contribution in [0.1, 0.15) is 142 Å². The minimum absolute atomic E-state index is 0.00924. The number of esters is 1. The number of nitrogens with one attached hydrogen (secondary N) is 1. The summed E-state index contributed by atoms with van der Waals surface area (Å²) in [6.07, 6.45) is 18.3. The van der Waals surface area contributed by atoms with E-state index in [0.29, 0.717) is 6.42 Å². The fourth-order valence-electron chi connectivity index (χ4n) is 5.23. The summed E-state index contributed by atoms with van der Waals surface area (Å²) in [5.74, 6) is -2.63. The molecule has 0 aromatic heterocycles. The Labute approximate surface area is 266 Å². The smallest absolute Gasteiger partial charge is 0.408 e. The summed E-state index contributed by atoms with van der Waals surface area (Å²) in [4.78, 5) is 49.0. The van der Waals surface area contributed by atoms with Gasteiger partial charge in [-0.2, -0.15) is 0 Å². The molecule has 0 aliphatic carbocycles. The number of Topliss-reactive ketones (excluding diaryl/α,β-unsaturated/α-hetero) is 1. The average molecular weight is 618 g/mol.